The molecule has 0 fully saturated rings. The van der Waals surface area contributed by atoms with Gasteiger partial charge in [-0.2, -0.15) is 0 Å². The van der Waals surface area contributed by atoms with E-state index >= 15 is 0 Å². The first-order chi connectivity index (χ1) is 9.58. The number of likely N-dealkylation sites (N-methyl/N-ethyl adjacent to an activating group) is 1. The van der Waals surface area contributed by atoms with Crippen LogP contribution in [-0.2, 0) is 0 Å². The summed E-state index contributed by atoms with van der Waals surface area (Å²) in [6.07, 6.45) is 1.80. The summed E-state index contributed by atoms with van der Waals surface area (Å²) in [4.78, 5) is 11.0. The molecule has 0 aliphatic carbocycles. The molecular formula is C15H19N5. The Morgan fingerprint density at radius 3 is 2.75 bits per heavy atom. The minimum atomic E-state index is 0.251. The molecule has 5 nitrogen and oxygen atoms in total. The van der Waals surface area contributed by atoms with E-state index in [0.29, 0.717) is 5.95 Å². The number of aromatic nitrogens is 3. The van der Waals surface area contributed by atoms with Gasteiger partial charge in [-0.1, -0.05) is 18.2 Å². The fraction of sp³-hybridized carbons (Fsp3) is 0.333. The van der Waals surface area contributed by atoms with Crippen LogP contribution in [0, 0.1) is 0 Å². The maximum atomic E-state index is 6.13. The molecule has 0 spiro atoms. The van der Waals surface area contributed by atoms with E-state index in [1.807, 2.05) is 18.2 Å². The van der Waals surface area contributed by atoms with Crippen LogP contribution in [0.5, 0.6) is 0 Å². The fourth-order valence-electron chi connectivity index (χ4n) is 2.80. The highest BCUT2D eigenvalue weighted by atomic mass is 15.2. The van der Waals surface area contributed by atoms with Crippen molar-refractivity contribution in [3.05, 3.63) is 30.5 Å². The summed E-state index contributed by atoms with van der Waals surface area (Å²) < 4.78 is 2.11. The first-order valence-corrected chi connectivity index (χ1v) is 6.74. The van der Waals surface area contributed by atoms with E-state index in [-0.39, 0.29) is 6.04 Å². The third-order valence-electron chi connectivity index (χ3n) is 3.52. The second-order valence-electron chi connectivity index (χ2n) is 5.46. The van der Waals surface area contributed by atoms with Crippen LogP contribution in [0.2, 0.25) is 0 Å². The molecule has 3 aromatic rings. The van der Waals surface area contributed by atoms with E-state index in [1.54, 1.807) is 6.20 Å². The van der Waals surface area contributed by atoms with Crippen LogP contribution < -0.4 is 5.73 Å². The number of imidazole rings is 1. The Morgan fingerprint density at radius 1 is 1.25 bits per heavy atom. The second-order valence-corrected chi connectivity index (χ2v) is 5.46. The number of nitrogens with two attached hydrogens (primary N) is 1. The molecule has 20 heavy (non-hydrogen) atoms. The SMILES string of the molecule is CC(CN(C)C)n1c(N)nc2cnc3ccccc3c21. The molecule has 104 valence electrons. The average molecular weight is 269 g/mol. The third-order valence-corrected chi connectivity index (χ3v) is 3.52. The highest BCUT2D eigenvalue weighted by Crippen LogP contribution is 2.28. The van der Waals surface area contributed by atoms with Gasteiger partial charge in [0.15, 0.2) is 0 Å². The summed E-state index contributed by atoms with van der Waals surface area (Å²) in [6, 6.07) is 8.35. The number of nitrogens with zero attached hydrogens (tertiary/aromatic N) is 4. The van der Waals surface area contributed by atoms with Gasteiger partial charge < -0.3 is 15.2 Å². The third kappa shape index (κ3) is 2.00. The van der Waals surface area contributed by atoms with Crippen molar-refractivity contribution >= 4 is 27.9 Å². The van der Waals surface area contributed by atoms with Crippen molar-refractivity contribution in [2.24, 2.45) is 0 Å². The van der Waals surface area contributed by atoms with Gasteiger partial charge in [0.1, 0.15) is 5.52 Å². The van der Waals surface area contributed by atoms with Gasteiger partial charge >= 0.3 is 0 Å². The Morgan fingerprint density at radius 2 is 2.00 bits per heavy atom. The smallest absolute Gasteiger partial charge is 0.201 e. The number of benzene rings is 1. The summed E-state index contributed by atoms with van der Waals surface area (Å²) in [7, 11) is 4.12. The van der Waals surface area contributed by atoms with Gasteiger partial charge in [-0.05, 0) is 27.1 Å². The predicted molar refractivity (Wildman–Crippen MR) is 82.7 cm³/mol. The van der Waals surface area contributed by atoms with Crippen LogP contribution in [0.15, 0.2) is 30.5 Å². The Kier molecular flexibility index (Phi) is 3.06. The molecule has 0 aliphatic rings. The Bertz CT molecular complexity index is 759. The molecule has 1 aromatic carbocycles. The van der Waals surface area contributed by atoms with Gasteiger partial charge in [0.05, 0.1) is 17.2 Å². The lowest BCUT2D eigenvalue weighted by Gasteiger charge is -2.20. The first-order valence-electron chi connectivity index (χ1n) is 6.74. The topological polar surface area (TPSA) is 60.0 Å². The van der Waals surface area contributed by atoms with Crippen molar-refractivity contribution in [2.45, 2.75) is 13.0 Å². The Balaban J connectivity index is 2.30. The molecule has 0 radical (unpaired) electrons. The van der Waals surface area contributed by atoms with E-state index in [0.717, 1.165) is 28.5 Å². The largest absolute Gasteiger partial charge is 0.369 e. The molecule has 2 aromatic heterocycles. The van der Waals surface area contributed by atoms with Crippen molar-refractivity contribution < 1.29 is 0 Å². The summed E-state index contributed by atoms with van der Waals surface area (Å²) >= 11 is 0. The summed E-state index contributed by atoms with van der Waals surface area (Å²) in [5, 5.41) is 1.10. The van der Waals surface area contributed by atoms with Crippen LogP contribution in [0.3, 0.4) is 0 Å². The summed E-state index contributed by atoms with van der Waals surface area (Å²) in [6.45, 7) is 3.07. The molecule has 1 unspecified atom stereocenters. The van der Waals surface area contributed by atoms with Crippen molar-refractivity contribution in [2.75, 3.05) is 26.4 Å². The quantitative estimate of drug-likeness (QED) is 0.792. The number of rotatable bonds is 3. The van der Waals surface area contributed by atoms with Crippen LogP contribution in [0.4, 0.5) is 5.95 Å². The lowest BCUT2D eigenvalue weighted by Crippen LogP contribution is -2.23. The van der Waals surface area contributed by atoms with E-state index in [1.165, 1.54) is 0 Å². The maximum absolute atomic E-state index is 6.13. The van der Waals surface area contributed by atoms with Crippen molar-refractivity contribution in [1.82, 2.24) is 19.4 Å². The lowest BCUT2D eigenvalue weighted by atomic mass is 10.2. The average Bonchev–Trinajstić information content (AvgIpc) is 2.74. The fourth-order valence-corrected chi connectivity index (χ4v) is 2.80. The number of fused-ring (bicyclic) bond motifs is 3. The van der Waals surface area contributed by atoms with Crippen LogP contribution >= 0.6 is 0 Å². The van der Waals surface area contributed by atoms with E-state index < -0.39 is 0 Å². The lowest BCUT2D eigenvalue weighted by molar-refractivity contribution is 0.342. The van der Waals surface area contributed by atoms with Gasteiger partial charge in [-0.15, -0.1) is 0 Å². The van der Waals surface area contributed by atoms with Crippen molar-refractivity contribution in [3.63, 3.8) is 0 Å². The Hall–Kier alpha value is -2.14. The molecular weight excluding hydrogens is 250 g/mol. The molecule has 0 saturated carbocycles. The van der Waals surface area contributed by atoms with Crippen molar-refractivity contribution in [1.29, 1.82) is 0 Å². The van der Waals surface area contributed by atoms with E-state index in [4.69, 9.17) is 5.73 Å². The summed E-state index contributed by atoms with van der Waals surface area (Å²) in [5.41, 5.74) is 9.02. The normalized spacial score (nSPS) is 13.4. The first kappa shape index (κ1) is 12.9. The second kappa shape index (κ2) is 4.76. The molecule has 1 atom stereocenters. The van der Waals surface area contributed by atoms with Gasteiger partial charge in [0.2, 0.25) is 5.95 Å². The zero-order chi connectivity index (χ0) is 14.3. The minimum Gasteiger partial charge on any atom is -0.369 e. The number of nitrogen functional groups attached to an aromatic ring is 1. The van der Waals surface area contributed by atoms with Crippen LogP contribution in [-0.4, -0.2) is 40.1 Å². The highest BCUT2D eigenvalue weighted by molar-refractivity contribution is 6.03. The zero-order valence-corrected chi connectivity index (χ0v) is 12.0. The minimum absolute atomic E-state index is 0.251. The zero-order valence-electron chi connectivity index (χ0n) is 12.0. The molecule has 0 amide bonds. The number of hydrogen-bond acceptors (Lipinski definition) is 4. The van der Waals surface area contributed by atoms with Gasteiger partial charge in [-0.3, -0.25) is 4.98 Å². The molecule has 0 saturated heterocycles. The van der Waals surface area contributed by atoms with Gasteiger partial charge in [0.25, 0.3) is 0 Å². The monoisotopic (exact) mass is 269 g/mol. The predicted octanol–water partition coefficient (Wildman–Crippen LogP) is 2.29. The van der Waals surface area contributed by atoms with Gasteiger partial charge in [0, 0.05) is 18.0 Å². The molecule has 2 N–H and O–H groups in total. The number of para-hydroxylation sites is 1. The van der Waals surface area contributed by atoms with Crippen molar-refractivity contribution in [3.8, 4) is 0 Å². The standard InChI is InChI=1S/C15H19N5/c1-10(9-19(2)3)20-14-11-6-4-5-7-12(11)17-8-13(14)18-15(20)16/h4-8,10H,9H2,1-3H3,(H2,16,18). The molecule has 3 rings (SSSR count). The Labute approximate surface area is 118 Å². The number of anilines is 1. The number of pyridine rings is 1. The highest BCUT2D eigenvalue weighted by Gasteiger charge is 2.17. The van der Waals surface area contributed by atoms with E-state index in [2.05, 4.69) is 46.5 Å². The maximum Gasteiger partial charge on any atom is 0.201 e. The van der Waals surface area contributed by atoms with Crippen LogP contribution in [0.1, 0.15) is 13.0 Å². The number of hydrogen-bond donors (Lipinski definition) is 1. The molecule has 2 heterocycles. The molecule has 0 aliphatic heterocycles. The molecule has 5 heteroatoms. The van der Waals surface area contributed by atoms with E-state index in [9.17, 15) is 0 Å². The summed E-state index contributed by atoms with van der Waals surface area (Å²) in [5.74, 6) is 0.549. The molecule has 0 bridgehead atoms. The van der Waals surface area contributed by atoms with Crippen LogP contribution in [0.25, 0.3) is 21.9 Å². The van der Waals surface area contributed by atoms with Gasteiger partial charge in [-0.25, -0.2) is 4.98 Å².